The average molecular weight is 490 g/mol. The van der Waals surface area contributed by atoms with Crippen molar-refractivity contribution in [3.8, 4) is 17.3 Å². The zero-order chi connectivity index (χ0) is 24.6. The predicted octanol–water partition coefficient (Wildman–Crippen LogP) is 4.72. The van der Waals surface area contributed by atoms with Gasteiger partial charge in [-0.3, -0.25) is 0 Å². The number of alkyl halides is 3. The maximum Gasteiger partial charge on any atom is 0.420 e. The molecule has 186 valence electrons. The molecule has 2 saturated heterocycles. The summed E-state index contributed by atoms with van der Waals surface area (Å²) in [6.07, 6.45) is -0.931. The number of anilines is 1. The number of rotatable bonds is 5. The van der Waals surface area contributed by atoms with Crippen molar-refractivity contribution in [1.29, 1.82) is 5.26 Å². The fraction of sp³-hybridized carbons (Fsp3) is 0.560. The first-order chi connectivity index (χ1) is 16.8. The summed E-state index contributed by atoms with van der Waals surface area (Å²) in [5.74, 6) is 0.481. The maximum atomic E-state index is 14.3. The summed E-state index contributed by atoms with van der Waals surface area (Å²) in [5.41, 5.74) is -1.30. The van der Waals surface area contributed by atoms with Gasteiger partial charge in [0.1, 0.15) is 11.4 Å². The van der Waals surface area contributed by atoms with Crippen molar-refractivity contribution in [3.63, 3.8) is 0 Å². The second-order valence-corrected chi connectivity index (χ2v) is 9.90. The maximum absolute atomic E-state index is 14.3. The number of hydrogen-bond donors (Lipinski definition) is 1. The molecular formula is C25H27F4N5O. The van der Waals surface area contributed by atoms with Gasteiger partial charge >= 0.3 is 6.18 Å². The number of hydrogen-bond acceptors (Lipinski definition) is 6. The van der Waals surface area contributed by atoms with Crippen LogP contribution in [0.5, 0.6) is 0 Å². The lowest BCUT2D eigenvalue weighted by Crippen LogP contribution is -2.32. The molecule has 2 aliphatic heterocycles. The van der Waals surface area contributed by atoms with Gasteiger partial charge in [0, 0.05) is 44.5 Å². The van der Waals surface area contributed by atoms with Crippen LogP contribution in [0.1, 0.15) is 36.8 Å². The number of nitriles is 1. The van der Waals surface area contributed by atoms with Crippen molar-refractivity contribution < 1.29 is 22.3 Å². The minimum absolute atomic E-state index is 0.116. The van der Waals surface area contributed by atoms with E-state index in [1.165, 1.54) is 12.1 Å². The highest BCUT2D eigenvalue weighted by molar-refractivity contribution is 5.65. The van der Waals surface area contributed by atoms with Gasteiger partial charge in [-0.15, -0.1) is 10.2 Å². The van der Waals surface area contributed by atoms with Crippen LogP contribution >= 0.6 is 0 Å². The average Bonchev–Trinajstić information content (AvgIpc) is 3.37. The highest BCUT2D eigenvalue weighted by atomic mass is 19.4. The van der Waals surface area contributed by atoms with E-state index < -0.39 is 17.6 Å². The number of fused-ring (bicyclic) bond motifs is 1. The molecule has 6 nitrogen and oxygen atoms in total. The van der Waals surface area contributed by atoms with Crippen LogP contribution < -0.4 is 5.32 Å². The van der Waals surface area contributed by atoms with Gasteiger partial charge < -0.3 is 15.0 Å². The monoisotopic (exact) mass is 489 g/mol. The van der Waals surface area contributed by atoms with E-state index in [0.717, 1.165) is 70.7 Å². The largest absolute Gasteiger partial charge is 0.420 e. The van der Waals surface area contributed by atoms with Crippen molar-refractivity contribution >= 4 is 5.82 Å². The number of nitrogens with one attached hydrogen (secondary N) is 1. The first kappa shape index (κ1) is 23.9. The molecule has 1 aromatic heterocycles. The van der Waals surface area contributed by atoms with Crippen molar-refractivity contribution in [2.24, 2.45) is 17.8 Å². The Bertz CT molecular complexity index is 1100. The van der Waals surface area contributed by atoms with Gasteiger partial charge in [-0.1, -0.05) is 0 Å². The molecule has 0 bridgehead atoms. The van der Waals surface area contributed by atoms with Crippen LogP contribution in [-0.4, -0.2) is 54.0 Å². The molecule has 0 spiro atoms. The quantitative estimate of drug-likeness (QED) is 0.613. The first-order valence-electron chi connectivity index (χ1n) is 12.0. The minimum atomic E-state index is -4.69. The molecule has 2 aromatic rings. The first-order valence-corrected chi connectivity index (χ1v) is 12.0. The summed E-state index contributed by atoms with van der Waals surface area (Å²) in [4.78, 5) is 2.50. The van der Waals surface area contributed by atoms with Gasteiger partial charge in [0.05, 0.1) is 17.3 Å². The summed E-state index contributed by atoms with van der Waals surface area (Å²) in [5, 5.41) is 19.7. The predicted molar refractivity (Wildman–Crippen MR) is 121 cm³/mol. The Labute approximate surface area is 201 Å². The lowest BCUT2D eigenvalue weighted by Gasteiger charge is -2.28. The van der Waals surface area contributed by atoms with E-state index in [-0.39, 0.29) is 28.7 Å². The number of ether oxygens (including phenoxy) is 1. The molecule has 5 rings (SSSR count). The molecule has 0 amide bonds. The molecule has 1 saturated carbocycles. The van der Waals surface area contributed by atoms with E-state index in [0.29, 0.717) is 17.8 Å². The van der Waals surface area contributed by atoms with Crippen LogP contribution in [-0.2, 0) is 10.9 Å². The third-order valence-corrected chi connectivity index (χ3v) is 7.50. The van der Waals surface area contributed by atoms with E-state index in [2.05, 4.69) is 20.4 Å². The summed E-state index contributed by atoms with van der Waals surface area (Å²) >= 11 is 0. The second-order valence-electron chi connectivity index (χ2n) is 9.90. The van der Waals surface area contributed by atoms with Crippen LogP contribution in [0, 0.1) is 34.9 Å². The molecule has 1 aromatic carbocycles. The minimum Gasteiger partial charge on any atom is -0.381 e. The lowest BCUT2D eigenvalue weighted by molar-refractivity contribution is -0.137. The molecule has 10 heteroatoms. The van der Waals surface area contributed by atoms with Gasteiger partial charge in [0.25, 0.3) is 0 Å². The zero-order valence-corrected chi connectivity index (χ0v) is 19.2. The summed E-state index contributed by atoms with van der Waals surface area (Å²) in [6.45, 7) is 4.68. The molecule has 35 heavy (non-hydrogen) atoms. The second kappa shape index (κ2) is 9.70. The third kappa shape index (κ3) is 5.26. The van der Waals surface area contributed by atoms with Gasteiger partial charge in [-0.05, 0) is 67.7 Å². The number of halogens is 4. The Morgan fingerprint density at radius 3 is 2.46 bits per heavy atom. The van der Waals surface area contributed by atoms with Crippen molar-refractivity contribution in [2.75, 3.05) is 38.2 Å². The fourth-order valence-electron chi connectivity index (χ4n) is 5.79. The van der Waals surface area contributed by atoms with E-state index in [1.54, 1.807) is 0 Å². The Kier molecular flexibility index (Phi) is 6.64. The SMILES string of the molecule is N#Cc1ccc(F)c(-c2cc(C(F)(F)F)c(N[C@@H]3C[C@@H]4CN(CC5CCOCC5)C[C@@H]4C3)nn2)c1. The van der Waals surface area contributed by atoms with Crippen molar-refractivity contribution in [1.82, 2.24) is 15.1 Å². The van der Waals surface area contributed by atoms with Gasteiger partial charge in [-0.2, -0.15) is 18.4 Å². The van der Waals surface area contributed by atoms with Gasteiger partial charge in [0.2, 0.25) is 0 Å². The smallest absolute Gasteiger partial charge is 0.381 e. The van der Waals surface area contributed by atoms with Crippen molar-refractivity contribution in [2.45, 2.75) is 37.9 Å². The van der Waals surface area contributed by atoms with E-state index in [1.807, 2.05) is 6.07 Å². The molecule has 3 atom stereocenters. The normalized spacial score (nSPS) is 25.4. The molecule has 1 aliphatic carbocycles. The zero-order valence-electron chi connectivity index (χ0n) is 19.2. The van der Waals surface area contributed by atoms with E-state index in [9.17, 15) is 17.6 Å². The highest BCUT2D eigenvalue weighted by Gasteiger charge is 2.43. The molecule has 3 heterocycles. The summed E-state index contributed by atoms with van der Waals surface area (Å²) in [6, 6.07) is 6.02. The molecule has 0 radical (unpaired) electrons. The number of nitrogens with zero attached hydrogens (tertiary/aromatic N) is 4. The van der Waals surface area contributed by atoms with E-state index >= 15 is 0 Å². The molecule has 1 N–H and O–H groups in total. The Balaban J connectivity index is 1.28. The van der Waals surface area contributed by atoms with Gasteiger partial charge in [-0.25, -0.2) is 4.39 Å². The van der Waals surface area contributed by atoms with E-state index in [4.69, 9.17) is 10.00 Å². The number of likely N-dealkylation sites (tertiary alicyclic amines) is 1. The summed E-state index contributed by atoms with van der Waals surface area (Å²) < 4.78 is 61.4. The molecule has 3 aliphatic rings. The lowest BCUT2D eigenvalue weighted by atomic mass is 10.00. The van der Waals surface area contributed by atoms with Crippen molar-refractivity contribution in [3.05, 3.63) is 41.2 Å². The molecular weight excluding hydrogens is 462 g/mol. The van der Waals surface area contributed by atoms with Crippen LogP contribution in [0.2, 0.25) is 0 Å². The summed E-state index contributed by atoms with van der Waals surface area (Å²) in [7, 11) is 0. The Hall–Kier alpha value is -2.77. The Morgan fingerprint density at radius 1 is 1.09 bits per heavy atom. The topological polar surface area (TPSA) is 74.1 Å². The standard InChI is InChI=1S/C25H27F4N5O/c26-22-2-1-16(11-30)7-20(22)23-10-21(25(27,28)29)24(33-32-23)31-19-8-17-13-34(14-18(17)9-19)12-15-3-5-35-6-4-15/h1-2,7,10,15,17-19H,3-6,8-9,12-14H2,(H,31,33)/t17-,18+,19-. The molecule has 3 fully saturated rings. The molecule has 0 unspecified atom stereocenters. The number of benzene rings is 1. The van der Waals surface area contributed by atoms with Crippen LogP contribution in [0.3, 0.4) is 0 Å². The highest BCUT2D eigenvalue weighted by Crippen LogP contribution is 2.42. The van der Waals surface area contributed by atoms with Crippen LogP contribution in [0.15, 0.2) is 24.3 Å². The third-order valence-electron chi connectivity index (χ3n) is 7.50. The van der Waals surface area contributed by atoms with Gasteiger partial charge in [0.15, 0.2) is 5.82 Å². The van der Waals surface area contributed by atoms with Crippen LogP contribution in [0.4, 0.5) is 23.4 Å². The Morgan fingerprint density at radius 2 is 1.80 bits per heavy atom. The fourth-order valence-corrected chi connectivity index (χ4v) is 5.79. The van der Waals surface area contributed by atoms with Crippen LogP contribution in [0.25, 0.3) is 11.3 Å². The number of aromatic nitrogens is 2.